The molecule has 0 aliphatic carbocycles. The van der Waals surface area contributed by atoms with Crippen molar-refractivity contribution in [3.05, 3.63) is 34.3 Å². The van der Waals surface area contributed by atoms with Crippen LogP contribution in [0, 0.1) is 5.92 Å². The number of rotatable bonds is 5. The van der Waals surface area contributed by atoms with Gasteiger partial charge in [-0.3, -0.25) is 4.99 Å². The second-order valence-electron chi connectivity index (χ2n) is 6.87. The molecule has 0 saturated carbocycles. The van der Waals surface area contributed by atoms with E-state index in [1.165, 1.54) is 5.56 Å². The third-order valence-corrected chi connectivity index (χ3v) is 5.11. The summed E-state index contributed by atoms with van der Waals surface area (Å²) in [5.41, 5.74) is 1.31. The third-order valence-electron chi connectivity index (χ3n) is 4.42. The van der Waals surface area contributed by atoms with E-state index in [0.29, 0.717) is 5.92 Å². The molecule has 0 bridgehead atoms. The van der Waals surface area contributed by atoms with Crippen LogP contribution in [0.5, 0.6) is 0 Å². The van der Waals surface area contributed by atoms with E-state index in [9.17, 15) is 0 Å². The number of ether oxygens (including phenoxy) is 1. The lowest BCUT2D eigenvalue weighted by molar-refractivity contribution is 0.181. The number of aliphatic imine (C=N–C) groups is 1. The van der Waals surface area contributed by atoms with Gasteiger partial charge < -0.3 is 15.0 Å². The van der Waals surface area contributed by atoms with Crippen LogP contribution in [0.2, 0.25) is 0 Å². The molecule has 1 saturated heterocycles. The van der Waals surface area contributed by atoms with Gasteiger partial charge in [0.2, 0.25) is 0 Å². The molecule has 6 heteroatoms. The van der Waals surface area contributed by atoms with Gasteiger partial charge in [-0.2, -0.15) is 0 Å². The number of halogens is 2. The van der Waals surface area contributed by atoms with Crippen molar-refractivity contribution in [1.82, 2.24) is 10.2 Å². The van der Waals surface area contributed by atoms with Crippen molar-refractivity contribution in [3.63, 3.8) is 0 Å². The minimum absolute atomic E-state index is 0. The van der Waals surface area contributed by atoms with Crippen LogP contribution in [0.25, 0.3) is 0 Å². The van der Waals surface area contributed by atoms with Gasteiger partial charge in [-0.05, 0) is 18.1 Å². The van der Waals surface area contributed by atoms with Crippen LogP contribution in [-0.4, -0.2) is 51.3 Å². The van der Waals surface area contributed by atoms with Crippen LogP contribution in [0.1, 0.15) is 25.8 Å². The first kappa shape index (κ1) is 21.7. The van der Waals surface area contributed by atoms with Crippen molar-refractivity contribution in [2.45, 2.75) is 25.7 Å². The largest absolute Gasteiger partial charge is 0.381 e. The zero-order chi connectivity index (χ0) is 16.9. The second-order valence-corrected chi connectivity index (χ2v) is 7.73. The van der Waals surface area contributed by atoms with Gasteiger partial charge in [0.25, 0.3) is 0 Å². The van der Waals surface area contributed by atoms with Gasteiger partial charge in [0.05, 0.1) is 6.61 Å². The highest BCUT2D eigenvalue weighted by molar-refractivity contribution is 14.0. The Morgan fingerprint density at radius 1 is 1.42 bits per heavy atom. The van der Waals surface area contributed by atoms with Gasteiger partial charge in [-0.25, -0.2) is 0 Å². The Hall–Kier alpha value is -0.340. The molecule has 1 aliphatic rings. The molecular formula is C18H29BrIN3O. The smallest absolute Gasteiger partial charge is 0.193 e. The maximum absolute atomic E-state index is 5.46. The molecule has 1 N–H and O–H groups in total. The minimum Gasteiger partial charge on any atom is -0.381 e. The minimum atomic E-state index is 0. The molecule has 1 fully saturated rings. The molecule has 1 heterocycles. The number of hydrogen-bond donors (Lipinski definition) is 1. The fourth-order valence-electron chi connectivity index (χ4n) is 2.99. The van der Waals surface area contributed by atoms with Crippen molar-refractivity contribution in [2.24, 2.45) is 10.9 Å². The number of nitrogens with zero attached hydrogens (tertiary/aromatic N) is 2. The maximum atomic E-state index is 5.46. The monoisotopic (exact) mass is 509 g/mol. The number of hydrogen-bond acceptors (Lipinski definition) is 2. The quantitative estimate of drug-likeness (QED) is 0.371. The van der Waals surface area contributed by atoms with E-state index in [0.717, 1.165) is 43.2 Å². The lowest BCUT2D eigenvalue weighted by Gasteiger charge is -2.30. The molecule has 1 unspecified atom stereocenters. The number of nitrogens with one attached hydrogen (secondary N) is 1. The van der Waals surface area contributed by atoms with Gasteiger partial charge in [-0.15, -0.1) is 24.0 Å². The SMILES string of the molecule is CN=C(NCC(C)(C)c1ccccc1Br)N(C)CC1CCOC1.I. The number of benzene rings is 1. The lowest BCUT2D eigenvalue weighted by atomic mass is 9.84. The van der Waals surface area contributed by atoms with Crippen molar-refractivity contribution >= 4 is 45.9 Å². The molecule has 0 amide bonds. The van der Waals surface area contributed by atoms with E-state index < -0.39 is 0 Å². The van der Waals surface area contributed by atoms with Crippen LogP contribution in [0.3, 0.4) is 0 Å². The Labute approximate surface area is 171 Å². The van der Waals surface area contributed by atoms with Crippen LogP contribution in [-0.2, 0) is 10.2 Å². The molecule has 1 aromatic rings. The topological polar surface area (TPSA) is 36.9 Å². The standard InChI is InChI=1S/C18H28BrN3O.HI/c1-18(2,15-7-5-6-8-16(15)19)13-21-17(20-3)22(4)11-14-9-10-23-12-14;/h5-8,14H,9-13H2,1-4H3,(H,20,21);1H. The summed E-state index contributed by atoms with van der Waals surface area (Å²) in [6.07, 6.45) is 1.14. The molecule has 0 radical (unpaired) electrons. The lowest BCUT2D eigenvalue weighted by Crippen LogP contribution is -2.45. The Morgan fingerprint density at radius 2 is 2.12 bits per heavy atom. The summed E-state index contributed by atoms with van der Waals surface area (Å²) >= 11 is 3.66. The zero-order valence-electron chi connectivity index (χ0n) is 15.0. The molecular weight excluding hydrogens is 481 g/mol. The van der Waals surface area contributed by atoms with E-state index in [1.807, 2.05) is 13.1 Å². The molecule has 2 rings (SSSR count). The molecule has 1 aliphatic heterocycles. The average molecular weight is 510 g/mol. The molecule has 1 atom stereocenters. The maximum Gasteiger partial charge on any atom is 0.193 e. The van der Waals surface area contributed by atoms with Crippen molar-refractivity contribution in [3.8, 4) is 0 Å². The predicted octanol–water partition coefficient (Wildman–Crippen LogP) is 3.89. The van der Waals surface area contributed by atoms with E-state index >= 15 is 0 Å². The van der Waals surface area contributed by atoms with Crippen LogP contribution in [0.4, 0.5) is 0 Å². The highest BCUT2D eigenvalue weighted by atomic mass is 127. The van der Waals surface area contributed by atoms with Gasteiger partial charge in [0.1, 0.15) is 0 Å². The van der Waals surface area contributed by atoms with E-state index in [-0.39, 0.29) is 29.4 Å². The fourth-order valence-corrected chi connectivity index (χ4v) is 3.81. The Kier molecular flexibility index (Phi) is 9.01. The molecule has 4 nitrogen and oxygen atoms in total. The van der Waals surface area contributed by atoms with Crippen LogP contribution in [0.15, 0.2) is 33.7 Å². The zero-order valence-corrected chi connectivity index (χ0v) is 18.9. The molecule has 1 aromatic carbocycles. The highest BCUT2D eigenvalue weighted by Crippen LogP contribution is 2.29. The van der Waals surface area contributed by atoms with Crippen LogP contribution < -0.4 is 5.32 Å². The first-order valence-corrected chi connectivity index (χ1v) is 8.98. The first-order valence-electron chi connectivity index (χ1n) is 8.18. The van der Waals surface area contributed by atoms with Gasteiger partial charge >= 0.3 is 0 Å². The summed E-state index contributed by atoms with van der Waals surface area (Å²) in [4.78, 5) is 6.63. The first-order chi connectivity index (χ1) is 10.9. The summed E-state index contributed by atoms with van der Waals surface area (Å²) in [6.45, 7) is 8.06. The van der Waals surface area contributed by atoms with Gasteiger partial charge in [-0.1, -0.05) is 48.0 Å². The Morgan fingerprint density at radius 3 is 2.71 bits per heavy atom. The molecule has 136 valence electrons. The summed E-state index contributed by atoms with van der Waals surface area (Å²) in [5, 5.41) is 3.52. The van der Waals surface area contributed by atoms with Gasteiger partial charge in [0.15, 0.2) is 5.96 Å². The highest BCUT2D eigenvalue weighted by Gasteiger charge is 2.24. The summed E-state index contributed by atoms with van der Waals surface area (Å²) in [5.74, 6) is 1.55. The Bertz CT molecular complexity index is 545. The summed E-state index contributed by atoms with van der Waals surface area (Å²) in [6, 6.07) is 8.41. The normalized spacial score (nSPS) is 18.2. The van der Waals surface area contributed by atoms with E-state index in [1.54, 1.807) is 0 Å². The molecule has 24 heavy (non-hydrogen) atoms. The third kappa shape index (κ3) is 5.88. The summed E-state index contributed by atoms with van der Waals surface area (Å²) < 4.78 is 6.62. The van der Waals surface area contributed by atoms with E-state index in [4.69, 9.17) is 4.74 Å². The van der Waals surface area contributed by atoms with Crippen LogP contribution >= 0.6 is 39.9 Å². The van der Waals surface area contributed by atoms with Crippen molar-refractivity contribution < 1.29 is 4.74 Å². The Balaban J connectivity index is 0.00000288. The summed E-state index contributed by atoms with van der Waals surface area (Å²) in [7, 11) is 3.94. The fraction of sp³-hybridized carbons (Fsp3) is 0.611. The van der Waals surface area contributed by atoms with Gasteiger partial charge in [0, 0.05) is 49.6 Å². The van der Waals surface area contributed by atoms with E-state index in [2.05, 4.69) is 70.2 Å². The molecule has 0 aromatic heterocycles. The average Bonchev–Trinajstić information content (AvgIpc) is 3.01. The second kappa shape index (κ2) is 9.97. The number of guanidine groups is 1. The van der Waals surface area contributed by atoms with Crippen molar-refractivity contribution in [1.29, 1.82) is 0 Å². The predicted molar refractivity (Wildman–Crippen MR) is 116 cm³/mol. The molecule has 0 spiro atoms. The van der Waals surface area contributed by atoms with Crippen molar-refractivity contribution in [2.75, 3.05) is 40.4 Å².